The summed E-state index contributed by atoms with van der Waals surface area (Å²) in [5, 5.41) is 0. The molecule has 1 aliphatic carbocycles. The first kappa shape index (κ1) is 21.2. The molecule has 2 aliphatic heterocycles. The maximum atomic E-state index is 13.1. The summed E-state index contributed by atoms with van der Waals surface area (Å²) in [6.45, 7) is 1.96. The van der Waals surface area contributed by atoms with Gasteiger partial charge in [-0.1, -0.05) is 18.9 Å². The van der Waals surface area contributed by atoms with Crippen molar-refractivity contribution in [2.75, 3.05) is 39.3 Å². The van der Waals surface area contributed by atoms with E-state index >= 15 is 0 Å². The summed E-state index contributed by atoms with van der Waals surface area (Å²) in [7, 11) is -7.11. The number of nitrogens with zero attached hydrogens (tertiary/aromatic N) is 3. The Morgan fingerprint density at radius 3 is 1.79 bits per heavy atom. The first-order valence-corrected chi connectivity index (χ1v) is 13.6. The smallest absolute Gasteiger partial charge is 0.207 e. The Morgan fingerprint density at radius 2 is 1.14 bits per heavy atom. The number of fused-ring (bicyclic) bond motifs is 1. The monoisotopic (exact) mass is 441 g/mol. The third kappa shape index (κ3) is 4.39. The van der Waals surface area contributed by atoms with Crippen LogP contribution in [-0.2, 0) is 33.1 Å². The predicted molar refractivity (Wildman–Crippen MR) is 112 cm³/mol. The van der Waals surface area contributed by atoms with Gasteiger partial charge in [0.25, 0.3) is 10.2 Å². The highest BCUT2D eigenvalue weighted by molar-refractivity contribution is 7.89. The van der Waals surface area contributed by atoms with Gasteiger partial charge < -0.3 is 0 Å². The molecule has 0 amide bonds. The normalized spacial score (nSPS) is 23.4. The number of rotatable bonds is 4. The predicted octanol–water partition coefficient (Wildman–Crippen LogP) is 1.99. The zero-order chi connectivity index (χ0) is 20.5. The van der Waals surface area contributed by atoms with E-state index in [1.54, 1.807) is 10.4 Å². The fraction of sp³-hybridized carbons (Fsp3) is 0.700. The van der Waals surface area contributed by atoms with Crippen LogP contribution in [0.5, 0.6) is 0 Å². The standard InChI is InChI=1S/C20H31N3O4S2/c24-28(25,20-10-9-18-7-3-4-8-19(18)17-20)21-13-15-23(16-14-21)29(26,27)22-11-5-1-2-6-12-22/h9-10,17H,1-8,11-16H2. The minimum Gasteiger partial charge on any atom is -0.207 e. The van der Waals surface area contributed by atoms with E-state index in [0.717, 1.165) is 56.9 Å². The molecular weight excluding hydrogens is 410 g/mol. The Labute approximate surface area is 174 Å². The van der Waals surface area contributed by atoms with Crippen LogP contribution in [0.4, 0.5) is 0 Å². The summed E-state index contributed by atoms with van der Waals surface area (Å²) < 4.78 is 56.6. The van der Waals surface area contributed by atoms with E-state index in [2.05, 4.69) is 0 Å². The number of piperazine rings is 1. The lowest BCUT2D eigenvalue weighted by atomic mass is 9.92. The van der Waals surface area contributed by atoms with Crippen molar-refractivity contribution < 1.29 is 16.8 Å². The highest BCUT2D eigenvalue weighted by Crippen LogP contribution is 2.27. The van der Waals surface area contributed by atoms with E-state index in [1.807, 2.05) is 12.1 Å². The fourth-order valence-electron chi connectivity index (χ4n) is 4.60. The van der Waals surface area contributed by atoms with E-state index < -0.39 is 20.2 Å². The molecule has 0 unspecified atom stereocenters. The van der Waals surface area contributed by atoms with Crippen LogP contribution in [0.2, 0.25) is 0 Å². The summed E-state index contributed by atoms with van der Waals surface area (Å²) in [6.07, 6.45) is 8.13. The van der Waals surface area contributed by atoms with Crippen LogP contribution < -0.4 is 0 Å². The second-order valence-electron chi connectivity index (χ2n) is 8.26. The number of benzene rings is 1. The molecule has 0 aromatic heterocycles. The van der Waals surface area contributed by atoms with Gasteiger partial charge in [0.1, 0.15) is 0 Å². The van der Waals surface area contributed by atoms with Crippen LogP contribution in [0.1, 0.15) is 49.7 Å². The lowest BCUT2D eigenvalue weighted by Gasteiger charge is -2.36. The van der Waals surface area contributed by atoms with Crippen molar-refractivity contribution in [2.24, 2.45) is 0 Å². The SMILES string of the molecule is O=S(=O)(c1ccc2c(c1)CCCC2)N1CCN(S(=O)(=O)N2CCCCCC2)CC1. The molecule has 0 atom stereocenters. The van der Waals surface area contributed by atoms with Crippen molar-refractivity contribution in [3.05, 3.63) is 29.3 Å². The Morgan fingerprint density at radius 1 is 0.586 bits per heavy atom. The molecular formula is C20H31N3O4S2. The van der Waals surface area contributed by atoms with Crippen LogP contribution in [0.3, 0.4) is 0 Å². The average Bonchev–Trinajstić information content (AvgIpc) is 3.04. The lowest BCUT2D eigenvalue weighted by molar-refractivity contribution is 0.254. The molecule has 1 aromatic carbocycles. The average molecular weight is 442 g/mol. The van der Waals surface area contributed by atoms with E-state index in [9.17, 15) is 16.8 Å². The highest BCUT2D eigenvalue weighted by Gasteiger charge is 2.36. The van der Waals surface area contributed by atoms with Gasteiger partial charge in [0.05, 0.1) is 4.90 Å². The van der Waals surface area contributed by atoms with Crippen molar-refractivity contribution >= 4 is 20.2 Å². The van der Waals surface area contributed by atoms with Gasteiger partial charge in [-0.3, -0.25) is 0 Å². The van der Waals surface area contributed by atoms with Crippen molar-refractivity contribution in [1.82, 2.24) is 12.9 Å². The van der Waals surface area contributed by atoms with Crippen molar-refractivity contribution in [3.8, 4) is 0 Å². The van der Waals surface area contributed by atoms with Crippen molar-refractivity contribution in [3.63, 3.8) is 0 Å². The molecule has 29 heavy (non-hydrogen) atoms. The second kappa shape index (κ2) is 8.63. The largest absolute Gasteiger partial charge is 0.282 e. The molecule has 7 nitrogen and oxygen atoms in total. The van der Waals surface area contributed by atoms with E-state index in [0.29, 0.717) is 18.0 Å². The molecule has 0 radical (unpaired) electrons. The van der Waals surface area contributed by atoms with Gasteiger partial charge in [-0.25, -0.2) is 8.42 Å². The van der Waals surface area contributed by atoms with Crippen molar-refractivity contribution in [1.29, 1.82) is 0 Å². The van der Waals surface area contributed by atoms with Gasteiger partial charge in [-0.05, 0) is 61.8 Å². The molecule has 9 heteroatoms. The highest BCUT2D eigenvalue weighted by atomic mass is 32.2. The zero-order valence-electron chi connectivity index (χ0n) is 16.9. The number of sulfonamides is 1. The first-order chi connectivity index (χ1) is 13.9. The number of hydrogen-bond donors (Lipinski definition) is 0. The molecule has 162 valence electrons. The topological polar surface area (TPSA) is 78.0 Å². The first-order valence-electron chi connectivity index (χ1n) is 10.8. The molecule has 0 bridgehead atoms. The molecule has 0 spiro atoms. The Hall–Kier alpha value is -1.00. The maximum Gasteiger partial charge on any atom is 0.282 e. The van der Waals surface area contributed by atoms with E-state index in [4.69, 9.17) is 0 Å². The molecule has 2 fully saturated rings. The van der Waals surface area contributed by atoms with E-state index in [-0.39, 0.29) is 26.2 Å². The minimum atomic E-state index is -3.60. The zero-order valence-corrected chi connectivity index (χ0v) is 18.6. The minimum absolute atomic E-state index is 0.201. The molecule has 3 aliphatic rings. The van der Waals surface area contributed by atoms with Crippen LogP contribution >= 0.6 is 0 Å². The lowest BCUT2D eigenvalue weighted by Crippen LogP contribution is -2.54. The Balaban J connectivity index is 1.44. The molecule has 2 saturated heterocycles. The molecule has 4 rings (SSSR count). The summed E-state index contributed by atoms with van der Waals surface area (Å²) in [4.78, 5) is 0.335. The van der Waals surface area contributed by atoms with Crippen LogP contribution in [0.15, 0.2) is 23.1 Å². The van der Waals surface area contributed by atoms with Gasteiger partial charge in [-0.2, -0.15) is 21.3 Å². The molecule has 2 heterocycles. The summed E-state index contributed by atoms with van der Waals surface area (Å²) in [5.74, 6) is 0. The van der Waals surface area contributed by atoms with Gasteiger partial charge in [-0.15, -0.1) is 0 Å². The summed E-state index contributed by atoms with van der Waals surface area (Å²) in [5.41, 5.74) is 2.39. The van der Waals surface area contributed by atoms with Gasteiger partial charge in [0.2, 0.25) is 10.0 Å². The third-order valence-electron chi connectivity index (χ3n) is 6.37. The van der Waals surface area contributed by atoms with Crippen LogP contribution in [-0.4, -0.2) is 69.0 Å². The summed E-state index contributed by atoms with van der Waals surface area (Å²) in [6, 6.07) is 5.48. The maximum absolute atomic E-state index is 13.1. The number of aryl methyl sites for hydroxylation is 2. The van der Waals surface area contributed by atoms with Gasteiger partial charge in [0.15, 0.2) is 0 Å². The van der Waals surface area contributed by atoms with Crippen LogP contribution in [0, 0.1) is 0 Å². The summed E-state index contributed by atoms with van der Waals surface area (Å²) >= 11 is 0. The molecule has 1 aromatic rings. The Bertz CT molecular complexity index is 930. The van der Waals surface area contributed by atoms with E-state index in [1.165, 1.54) is 14.2 Å². The van der Waals surface area contributed by atoms with Crippen LogP contribution in [0.25, 0.3) is 0 Å². The quantitative estimate of drug-likeness (QED) is 0.716. The Kier molecular flexibility index (Phi) is 6.32. The molecule has 0 N–H and O–H groups in total. The number of hydrogen-bond acceptors (Lipinski definition) is 4. The van der Waals surface area contributed by atoms with Gasteiger partial charge >= 0.3 is 0 Å². The second-order valence-corrected chi connectivity index (χ2v) is 12.1. The molecule has 0 saturated carbocycles. The van der Waals surface area contributed by atoms with Crippen molar-refractivity contribution in [2.45, 2.75) is 56.3 Å². The third-order valence-corrected chi connectivity index (χ3v) is 10.3. The fourth-order valence-corrected chi connectivity index (χ4v) is 7.74. The van der Waals surface area contributed by atoms with Gasteiger partial charge in [0, 0.05) is 39.3 Å².